The second-order valence-electron chi connectivity index (χ2n) is 9.56. The van der Waals surface area contributed by atoms with Crippen molar-refractivity contribution in [3.05, 3.63) is 18.0 Å². The molecular formula is C27H38N2O11. The maximum absolute atomic E-state index is 13.2. The summed E-state index contributed by atoms with van der Waals surface area (Å²) >= 11 is 0. The topological polar surface area (TPSA) is 158 Å². The minimum atomic E-state index is -1.21. The third-order valence-corrected chi connectivity index (χ3v) is 6.31. The average Bonchev–Trinajstić information content (AvgIpc) is 3.77. The summed E-state index contributed by atoms with van der Waals surface area (Å²) in [6, 6.07) is 0.256. The molecule has 4 atom stereocenters. The molecule has 1 N–H and O–H groups in total. The number of methoxy groups -OCH3 is 1. The smallest absolute Gasteiger partial charge is 0.331 e. The van der Waals surface area contributed by atoms with Crippen molar-refractivity contribution in [2.75, 3.05) is 33.7 Å². The van der Waals surface area contributed by atoms with Crippen LogP contribution in [-0.2, 0) is 38.1 Å². The number of carbonyl (C=O) groups excluding carboxylic acids is 4. The molecule has 0 radical (unpaired) electrons. The molecule has 2 aliphatic rings. The molecule has 13 heteroatoms. The van der Waals surface area contributed by atoms with Gasteiger partial charge < -0.3 is 38.5 Å². The Morgan fingerprint density at radius 1 is 1.20 bits per heavy atom. The van der Waals surface area contributed by atoms with Gasteiger partial charge in [-0.05, 0) is 26.2 Å². The number of hydrogen-bond acceptors (Lipinski definition) is 12. The Morgan fingerprint density at radius 2 is 1.98 bits per heavy atom. The van der Waals surface area contributed by atoms with Gasteiger partial charge in [-0.1, -0.05) is 13.3 Å². The van der Waals surface area contributed by atoms with E-state index in [1.807, 2.05) is 6.92 Å². The molecule has 0 bridgehead atoms. The monoisotopic (exact) mass is 566 g/mol. The van der Waals surface area contributed by atoms with Gasteiger partial charge in [-0.25, -0.2) is 9.78 Å². The number of unbranched alkanes of at least 4 members (excludes halogenated alkanes) is 1. The first-order valence-electron chi connectivity index (χ1n) is 13.4. The van der Waals surface area contributed by atoms with Gasteiger partial charge in [0.2, 0.25) is 6.79 Å². The van der Waals surface area contributed by atoms with Crippen molar-refractivity contribution in [2.45, 2.75) is 77.2 Å². The molecule has 13 nitrogen and oxygen atoms in total. The number of pyridine rings is 1. The van der Waals surface area contributed by atoms with Gasteiger partial charge in [0.15, 0.2) is 29.3 Å². The van der Waals surface area contributed by atoms with Crippen molar-refractivity contribution in [3.8, 4) is 11.5 Å². The zero-order chi connectivity index (χ0) is 29.1. The molecule has 1 saturated heterocycles. The molecule has 0 aromatic carbocycles. The average molecular weight is 567 g/mol. The van der Waals surface area contributed by atoms with Crippen molar-refractivity contribution < 1.29 is 52.3 Å². The molecule has 1 aliphatic heterocycles. The molecule has 2 fully saturated rings. The van der Waals surface area contributed by atoms with Crippen molar-refractivity contribution in [2.24, 2.45) is 5.92 Å². The number of nitrogens with zero attached hydrogens (tertiary/aromatic N) is 1. The quantitative estimate of drug-likeness (QED) is 0.170. The third-order valence-electron chi connectivity index (χ3n) is 6.31. The lowest BCUT2D eigenvalue weighted by Gasteiger charge is -2.33. The molecule has 222 valence electrons. The predicted molar refractivity (Wildman–Crippen MR) is 138 cm³/mol. The highest BCUT2D eigenvalue weighted by Gasteiger charge is 2.40. The van der Waals surface area contributed by atoms with Crippen LogP contribution in [0.1, 0.15) is 63.4 Å². The fourth-order valence-corrected chi connectivity index (χ4v) is 3.94. The first-order chi connectivity index (χ1) is 19.2. The fraction of sp³-hybridized carbons (Fsp3) is 0.667. The molecule has 1 saturated carbocycles. The second-order valence-corrected chi connectivity index (χ2v) is 9.56. The van der Waals surface area contributed by atoms with Gasteiger partial charge in [-0.15, -0.1) is 0 Å². The highest BCUT2D eigenvalue weighted by Crippen LogP contribution is 2.32. The molecule has 2 heterocycles. The Kier molecular flexibility index (Phi) is 11.9. The summed E-state index contributed by atoms with van der Waals surface area (Å²) in [4.78, 5) is 54.1. The van der Waals surface area contributed by atoms with Gasteiger partial charge in [-0.2, -0.15) is 0 Å². The van der Waals surface area contributed by atoms with Crippen LogP contribution in [0.25, 0.3) is 0 Å². The maximum Gasteiger partial charge on any atom is 0.331 e. The molecule has 1 aromatic heterocycles. The van der Waals surface area contributed by atoms with Gasteiger partial charge >= 0.3 is 17.9 Å². The lowest BCUT2D eigenvalue weighted by atomic mass is 10.0. The number of hydrogen-bond donors (Lipinski definition) is 1. The minimum Gasteiger partial charge on any atom is -0.493 e. The Balaban J connectivity index is 1.74. The number of esters is 3. The number of rotatable bonds is 12. The zero-order valence-electron chi connectivity index (χ0n) is 23.3. The number of nitrogens with one attached hydrogen (secondary N) is 1. The van der Waals surface area contributed by atoms with E-state index in [9.17, 15) is 19.2 Å². The second kappa shape index (κ2) is 15.4. The predicted octanol–water partition coefficient (Wildman–Crippen LogP) is 1.95. The highest BCUT2D eigenvalue weighted by atomic mass is 16.7. The van der Waals surface area contributed by atoms with Crippen molar-refractivity contribution in [1.82, 2.24) is 10.3 Å². The van der Waals surface area contributed by atoms with E-state index in [0.29, 0.717) is 13.0 Å². The zero-order valence-corrected chi connectivity index (χ0v) is 23.3. The number of amides is 1. The van der Waals surface area contributed by atoms with E-state index < -0.39 is 49.0 Å². The van der Waals surface area contributed by atoms with Gasteiger partial charge in [0.25, 0.3) is 5.91 Å². The molecule has 1 aromatic rings. The Morgan fingerprint density at radius 3 is 2.65 bits per heavy atom. The summed E-state index contributed by atoms with van der Waals surface area (Å²) in [6.45, 7) is 4.87. The lowest BCUT2D eigenvalue weighted by molar-refractivity contribution is -0.185. The highest BCUT2D eigenvalue weighted by molar-refractivity contribution is 5.98. The normalized spacial score (nSPS) is 23.4. The van der Waals surface area contributed by atoms with E-state index in [-0.39, 0.29) is 42.3 Å². The van der Waals surface area contributed by atoms with E-state index in [0.717, 1.165) is 25.7 Å². The summed E-state index contributed by atoms with van der Waals surface area (Å²) < 4.78 is 38.6. The van der Waals surface area contributed by atoms with Gasteiger partial charge in [-0.3, -0.25) is 14.4 Å². The fourth-order valence-electron chi connectivity index (χ4n) is 3.94. The Bertz CT molecular complexity index is 1030. The van der Waals surface area contributed by atoms with Crippen LogP contribution in [0.15, 0.2) is 12.3 Å². The number of carbonyl (C=O) groups is 4. The van der Waals surface area contributed by atoms with E-state index in [1.54, 1.807) is 6.92 Å². The van der Waals surface area contributed by atoms with Crippen LogP contribution >= 0.6 is 0 Å². The molecule has 40 heavy (non-hydrogen) atoms. The Labute approximate surface area is 233 Å². The summed E-state index contributed by atoms with van der Waals surface area (Å²) in [7, 11) is 1.37. The molecular weight excluding hydrogens is 528 g/mol. The van der Waals surface area contributed by atoms with Crippen LogP contribution in [0.4, 0.5) is 0 Å². The Hall–Kier alpha value is -3.45. The third kappa shape index (κ3) is 9.05. The van der Waals surface area contributed by atoms with Gasteiger partial charge in [0.1, 0.15) is 12.2 Å². The van der Waals surface area contributed by atoms with Crippen LogP contribution in [-0.4, -0.2) is 86.9 Å². The number of ether oxygens (including phenoxy) is 7. The van der Waals surface area contributed by atoms with Crippen molar-refractivity contribution >= 4 is 23.8 Å². The maximum atomic E-state index is 13.2. The number of cyclic esters (lactones) is 1. The van der Waals surface area contributed by atoms with Gasteiger partial charge in [0.05, 0.1) is 19.6 Å². The number of aromatic nitrogens is 1. The van der Waals surface area contributed by atoms with Crippen LogP contribution < -0.4 is 14.8 Å². The van der Waals surface area contributed by atoms with E-state index in [1.165, 1.54) is 26.3 Å². The molecule has 1 aliphatic carbocycles. The van der Waals surface area contributed by atoms with Gasteiger partial charge in [0, 0.05) is 38.8 Å². The molecule has 0 unspecified atom stereocenters. The summed E-state index contributed by atoms with van der Waals surface area (Å²) in [5, 5.41) is 2.57. The van der Waals surface area contributed by atoms with Crippen molar-refractivity contribution in [3.63, 3.8) is 0 Å². The largest absolute Gasteiger partial charge is 0.493 e. The lowest BCUT2D eigenvalue weighted by Crippen LogP contribution is -2.51. The van der Waals surface area contributed by atoms with Crippen LogP contribution in [0.3, 0.4) is 0 Å². The van der Waals surface area contributed by atoms with E-state index in [2.05, 4.69) is 10.3 Å². The van der Waals surface area contributed by atoms with Crippen molar-refractivity contribution in [1.29, 1.82) is 0 Å². The SMILES string of the molecule is CCCCO[C@H]1CCOC[C@H](NC(=O)c2nccc(OC)c2OCOC(C)=O)C(=O)O[C@@H](C)[C@@H]1OC(=O)C1CC1. The minimum absolute atomic E-state index is 0.0783. The summed E-state index contributed by atoms with van der Waals surface area (Å²) in [6.07, 6.45) is 2.79. The van der Waals surface area contributed by atoms with Crippen LogP contribution in [0, 0.1) is 5.92 Å². The summed E-state index contributed by atoms with van der Waals surface area (Å²) in [5.41, 5.74) is -0.204. The van der Waals surface area contributed by atoms with Crippen LogP contribution in [0.5, 0.6) is 11.5 Å². The van der Waals surface area contributed by atoms with E-state index >= 15 is 0 Å². The standard InChI is InChI=1S/C27H38N2O11/c1-5-6-12-36-21-10-13-35-14-19(27(33)39-16(2)23(21)40-26(32)18-7-8-18)29-25(31)22-24(38-15-37-17(3)30)20(34-4)9-11-28-22/h9,11,16,18-19,21,23H,5-8,10,12-15H2,1-4H3,(H,29,31)/t16-,19-,21-,23-/m0/s1. The summed E-state index contributed by atoms with van der Waals surface area (Å²) in [5.74, 6) is -2.54. The first kappa shape index (κ1) is 31.1. The molecule has 0 spiro atoms. The molecule has 3 rings (SSSR count). The van der Waals surface area contributed by atoms with Crippen LogP contribution in [0.2, 0.25) is 0 Å². The van der Waals surface area contributed by atoms with E-state index in [4.69, 9.17) is 33.2 Å². The first-order valence-corrected chi connectivity index (χ1v) is 13.4. The molecule has 1 amide bonds.